The van der Waals surface area contributed by atoms with Gasteiger partial charge in [-0.15, -0.1) is 0 Å². The number of carbonyl (C=O) groups excluding carboxylic acids is 2. The zero-order valence-corrected chi connectivity index (χ0v) is 7.58. The fourth-order valence-corrected chi connectivity index (χ4v) is 1.96. The van der Waals surface area contributed by atoms with Crippen molar-refractivity contribution in [3.63, 3.8) is 0 Å². The number of rotatable bonds is 2. The second kappa shape index (κ2) is 3.46. The first-order valence-corrected chi connectivity index (χ1v) is 4.84. The zero-order chi connectivity index (χ0) is 9.26. The van der Waals surface area contributed by atoms with Gasteiger partial charge in [-0.25, -0.2) is 0 Å². The highest BCUT2D eigenvalue weighted by atomic mass is 16.2. The summed E-state index contributed by atoms with van der Waals surface area (Å²) < 4.78 is 0. The lowest BCUT2D eigenvalue weighted by Gasteiger charge is -2.18. The normalized spacial score (nSPS) is 28.9. The minimum absolute atomic E-state index is 0.00120. The molecule has 2 rings (SSSR count). The molecule has 0 radical (unpaired) electrons. The Hall–Kier alpha value is -0.900. The molecule has 0 unspecified atom stereocenters. The van der Waals surface area contributed by atoms with Crippen molar-refractivity contribution in [1.82, 2.24) is 10.2 Å². The molecule has 0 aromatic rings. The van der Waals surface area contributed by atoms with Crippen LogP contribution in [0.3, 0.4) is 0 Å². The maximum absolute atomic E-state index is 11.2. The predicted octanol–water partition coefficient (Wildman–Crippen LogP) is -0.113. The Kier molecular flexibility index (Phi) is 2.31. The van der Waals surface area contributed by atoms with Crippen LogP contribution in [0.2, 0.25) is 0 Å². The van der Waals surface area contributed by atoms with Crippen LogP contribution < -0.4 is 5.32 Å². The second-order valence-electron chi connectivity index (χ2n) is 3.69. The first kappa shape index (κ1) is 8.69. The third kappa shape index (κ3) is 1.72. The van der Waals surface area contributed by atoms with Gasteiger partial charge in [-0.3, -0.25) is 14.5 Å². The number of amides is 2. The van der Waals surface area contributed by atoms with E-state index in [1.54, 1.807) is 0 Å². The van der Waals surface area contributed by atoms with E-state index in [1.165, 1.54) is 4.90 Å². The van der Waals surface area contributed by atoms with Crippen LogP contribution in [0.1, 0.15) is 25.7 Å². The van der Waals surface area contributed by atoms with E-state index < -0.39 is 0 Å². The fraction of sp³-hybridized carbons (Fsp3) is 0.778. The standard InChI is InChI=1S/C9H14N2O2/c12-8-3-4-9(13)11(8)6-7-2-1-5-10-7/h7,10H,1-6H2/t7-/m0/s1. The second-order valence-corrected chi connectivity index (χ2v) is 3.69. The van der Waals surface area contributed by atoms with Crippen molar-refractivity contribution in [1.29, 1.82) is 0 Å². The van der Waals surface area contributed by atoms with Gasteiger partial charge in [-0.05, 0) is 19.4 Å². The maximum Gasteiger partial charge on any atom is 0.229 e. The molecule has 2 aliphatic rings. The van der Waals surface area contributed by atoms with Gasteiger partial charge in [0.1, 0.15) is 0 Å². The summed E-state index contributed by atoms with van der Waals surface area (Å²) in [6.45, 7) is 1.60. The van der Waals surface area contributed by atoms with Crippen molar-refractivity contribution in [2.45, 2.75) is 31.7 Å². The average molecular weight is 182 g/mol. The van der Waals surface area contributed by atoms with Crippen LogP contribution in [-0.2, 0) is 9.59 Å². The Bertz CT molecular complexity index is 218. The van der Waals surface area contributed by atoms with Crippen LogP contribution in [0, 0.1) is 0 Å². The highest BCUT2D eigenvalue weighted by Gasteiger charge is 2.31. The van der Waals surface area contributed by atoms with E-state index >= 15 is 0 Å². The molecule has 1 atom stereocenters. The topological polar surface area (TPSA) is 49.4 Å². The zero-order valence-electron chi connectivity index (χ0n) is 7.58. The fourth-order valence-electron chi connectivity index (χ4n) is 1.96. The maximum atomic E-state index is 11.2. The highest BCUT2D eigenvalue weighted by molar-refractivity contribution is 6.01. The smallest absolute Gasteiger partial charge is 0.229 e. The van der Waals surface area contributed by atoms with Crippen LogP contribution >= 0.6 is 0 Å². The van der Waals surface area contributed by atoms with E-state index in [0.717, 1.165) is 19.4 Å². The monoisotopic (exact) mass is 182 g/mol. The molecular formula is C9H14N2O2. The molecule has 13 heavy (non-hydrogen) atoms. The van der Waals surface area contributed by atoms with Crippen molar-refractivity contribution < 1.29 is 9.59 Å². The van der Waals surface area contributed by atoms with Crippen LogP contribution in [0.5, 0.6) is 0 Å². The minimum Gasteiger partial charge on any atom is -0.312 e. The van der Waals surface area contributed by atoms with Crippen molar-refractivity contribution >= 4 is 11.8 Å². The molecule has 4 nitrogen and oxygen atoms in total. The summed E-state index contributed by atoms with van der Waals surface area (Å²) in [5.41, 5.74) is 0. The summed E-state index contributed by atoms with van der Waals surface area (Å²) in [6.07, 6.45) is 3.05. The van der Waals surface area contributed by atoms with Crippen LogP contribution in [0.15, 0.2) is 0 Å². The average Bonchev–Trinajstić information content (AvgIpc) is 2.70. The van der Waals surface area contributed by atoms with E-state index in [0.29, 0.717) is 25.4 Å². The third-order valence-corrected chi connectivity index (χ3v) is 2.72. The number of imide groups is 1. The molecule has 1 N–H and O–H groups in total. The Morgan fingerprint density at radius 3 is 2.54 bits per heavy atom. The molecule has 2 fully saturated rings. The lowest BCUT2D eigenvalue weighted by molar-refractivity contribution is -0.138. The number of carbonyl (C=O) groups is 2. The largest absolute Gasteiger partial charge is 0.312 e. The van der Waals surface area contributed by atoms with Gasteiger partial charge in [0.05, 0.1) is 0 Å². The van der Waals surface area contributed by atoms with Gasteiger partial charge in [0, 0.05) is 25.4 Å². The summed E-state index contributed by atoms with van der Waals surface area (Å²) in [5, 5.41) is 3.28. The van der Waals surface area contributed by atoms with Gasteiger partial charge in [-0.2, -0.15) is 0 Å². The molecule has 2 amide bonds. The molecule has 0 bridgehead atoms. The molecule has 0 aromatic heterocycles. The lowest BCUT2D eigenvalue weighted by atomic mass is 10.2. The molecule has 0 saturated carbocycles. The Balaban J connectivity index is 1.92. The molecular weight excluding hydrogens is 168 g/mol. The van der Waals surface area contributed by atoms with Gasteiger partial charge in [-0.1, -0.05) is 0 Å². The van der Waals surface area contributed by atoms with E-state index in [9.17, 15) is 9.59 Å². The first-order chi connectivity index (χ1) is 6.27. The summed E-state index contributed by atoms with van der Waals surface area (Å²) in [7, 11) is 0. The number of hydrogen-bond acceptors (Lipinski definition) is 3. The predicted molar refractivity (Wildman–Crippen MR) is 47.0 cm³/mol. The van der Waals surface area contributed by atoms with Crippen LogP contribution in [-0.4, -0.2) is 35.8 Å². The van der Waals surface area contributed by atoms with Crippen LogP contribution in [0.25, 0.3) is 0 Å². The summed E-state index contributed by atoms with van der Waals surface area (Å²) in [5.74, 6) is -0.00241. The number of nitrogens with zero attached hydrogens (tertiary/aromatic N) is 1. The molecule has 0 aromatic carbocycles. The van der Waals surface area contributed by atoms with Gasteiger partial charge in [0.15, 0.2) is 0 Å². The molecule has 2 saturated heterocycles. The van der Waals surface area contributed by atoms with E-state index in [4.69, 9.17) is 0 Å². The van der Waals surface area contributed by atoms with Crippen LogP contribution in [0.4, 0.5) is 0 Å². The molecule has 72 valence electrons. The quantitative estimate of drug-likeness (QED) is 0.606. The van der Waals surface area contributed by atoms with E-state index in [2.05, 4.69) is 5.32 Å². The summed E-state index contributed by atoms with van der Waals surface area (Å²) in [4.78, 5) is 23.9. The summed E-state index contributed by atoms with van der Waals surface area (Å²) in [6, 6.07) is 0.339. The van der Waals surface area contributed by atoms with Gasteiger partial charge < -0.3 is 5.32 Å². The number of nitrogens with one attached hydrogen (secondary N) is 1. The lowest BCUT2D eigenvalue weighted by Crippen LogP contribution is -2.40. The third-order valence-electron chi connectivity index (χ3n) is 2.72. The van der Waals surface area contributed by atoms with E-state index in [1.807, 2.05) is 0 Å². The molecule has 4 heteroatoms. The van der Waals surface area contributed by atoms with E-state index in [-0.39, 0.29) is 11.8 Å². The minimum atomic E-state index is -0.00120. The Labute approximate surface area is 77.3 Å². The molecule has 0 aliphatic carbocycles. The van der Waals surface area contributed by atoms with Gasteiger partial charge in [0.2, 0.25) is 11.8 Å². The molecule has 2 heterocycles. The SMILES string of the molecule is O=C1CCC(=O)N1C[C@@H]1CCCN1. The highest BCUT2D eigenvalue weighted by Crippen LogP contribution is 2.14. The number of hydrogen-bond donors (Lipinski definition) is 1. The number of likely N-dealkylation sites (tertiary alicyclic amines) is 1. The molecule has 0 spiro atoms. The van der Waals surface area contributed by atoms with Crippen molar-refractivity contribution in [3.8, 4) is 0 Å². The summed E-state index contributed by atoms with van der Waals surface area (Å²) >= 11 is 0. The van der Waals surface area contributed by atoms with Crippen molar-refractivity contribution in [2.75, 3.05) is 13.1 Å². The van der Waals surface area contributed by atoms with Gasteiger partial charge in [0.25, 0.3) is 0 Å². The first-order valence-electron chi connectivity index (χ1n) is 4.84. The van der Waals surface area contributed by atoms with Gasteiger partial charge >= 0.3 is 0 Å². The Morgan fingerprint density at radius 2 is 2.00 bits per heavy atom. The van der Waals surface area contributed by atoms with Crippen molar-refractivity contribution in [3.05, 3.63) is 0 Å². The van der Waals surface area contributed by atoms with Crippen molar-refractivity contribution in [2.24, 2.45) is 0 Å². The Morgan fingerprint density at radius 1 is 1.31 bits per heavy atom. The molecule has 2 aliphatic heterocycles.